The third-order valence-electron chi connectivity index (χ3n) is 5.36. The number of fused-ring (bicyclic) bond motifs is 2. The fourth-order valence-electron chi connectivity index (χ4n) is 3.67. The highest BCUT2D eigenvalue weighted by atomic mass is 16.4. The number of hydrogen-bond acceptors (Lipinski definition) is 6. The molecular formula is C28H20N2O4. The van der Waals surface area contributed by atoms with Crippen LogP contribution in [0.5, 0.6) is 0 Å². The average Bonchev–Trinajstić information content (AvgIpc) is 2.86. The van der Waals surface area contributed by atoms with E-state index in [9.17, 15) is 9.59 Å². The minimum atomic E-state index is -0.378. The molecule has 0 aliphatic carbocycles. The summed E-state index contributed by atoms with van der Waals surface area (Å²) < 4.78 is 10.4. The van der Waals surface area contributed by atoms with Crippen molar-refractivity contribution in [2.75, 3.05) is 5.32 Å². The highest BCUT2D eigenvalue weighted by Crippen LogP contribution is 2.25. The number of nitrogens with one attached hydrogen (secondary N) is 1. The van der Waals surface area contributed by atoms with Gasteiger partial charge in [0.2, 0.25) is 0 Å². The summed E-state index contributed by atoms with van der Waals surface area (Å²) in [5.41, 5.74) is 4.73. The minimum Gasteiger partial charge on any atom is -0.423 e. The van der Waals surface area contributed by atoms with Crippen LogP contribution in [0.3, 0.4) is 0 Å². The summed E-state index contributed by atoms with van der Waals surface area (Å²) >= 11 is 0. The molecule has 3 aromatic carbocycles. The van der Waals surface area contributed by atoms with Crippen LogP contribution in [0.1, 0.15) is 12.5 Å². The quantitative estimate of drug-likeness (QED) is 0.258. The molecule has 5 rings (SSSR count). The van der Waals surface area contributed by atoms with Crippen molar-refractivity contribution in [1.82, 2.24) is 0 Å². The number of nitrogens with zero attached hydrogens (tertiary/aromatic N) is 1. The predicted molar refractivity (Wildman–Crippen MR) is 136 cm³/mol. The molecular weight excluding hydrogens is 428 g/mol. The Bertz CT molecular complexity index is 1680. The normalized spacial score (nSPS) is 12.3. The van der Waals surface area contributed by atoms with Crippen molar-refractivity contribution in [3.05, 3.63) is 123 Å². The third-order valence-corrected chi connectivity index (χ3v) is 5.36. The van der Waals surface area contributed by atoms with Gasteiger partial charge in [-0.3, -0.25) is 4.99 Å². The van der Waals surface area contributed by atoms with Gasteiger partial charge in [-0.2, -0.15) is 0 Å². The Labute approximate surface area is 194 Å². The summed E-state index contributed by atoms with van der Waals surface area (Å²) in [6.07, 6.45) is 1.80. The Balaban J connectivity index is 1.51. The number of rotatable bonds is 5. The van der Waals surface area contributed by atoms with Crippen molar-refractivity contribution in [3.8, 4) is 0 Å². The number of aliphatic imine (C=N–C) groups is 1. The van der Waals surface area contributed by atoms with Gasteiger partial charge >= 0.3 is 11.3 Å². The van der Waals surface area contributed by atoms with Gasteiger partial charge in [-0.05, 0) is 66.6 Å². The summed E-state index contributed by atoms with van der Waals surface area (Å²) in [6, 6.07) is 27.3. The number of allylic oxidation sites excluding steroid dienone is 1. The van der Waals surface area contributed by atoms with E-state index in [4.69, 9.17) is 8.83 Å². The molecule has 0 saturated heterocycles. The molecule has 166 valence electrons. The molecule has 0 aliphatic heterocycles. The van der Waals surface area contributed by atoms with Crippen molar-refractivity contribution in [2.24, 2.45) is 4.99 Å². The molecule has 0 amide bonds. The molecule has 0 aliphatic rings. The lowest BCUT2D eigenvalue weighted by molar-refractivity contribution is 0.561. The van der Waals surface area contributed by atoms with Crippen LogP contribution in [-0.4, -0.2) is 6.21 Å². The first-order chi connectivity index (χ1) is 16.5. The van der Waals surface area contributed by atoms with Crippen molar-refractivity contribution in [2.45, 2.75) is 6.92 Å². The van der Waals surface area contributed by atoms with Gasteiger partial charge in [0.15, 0.2) is 0 Å². The largest absolute Gasteiger partial charge is 0.423 e. The third kappa shape index (κ3) is 4.56. The Morgan fingerprint density at radius 2 is 1.41 bits per heavy atom. The second-order valence-electron chi connectivity index (χ2n) is 7.79. The standard InChI is InChI=1S/C28H20N2O4/c1-18(17-29-22-9-11-24-20(15-22)7-13-26(31)33-24)28(19-5-3-2-4-6-19)30-23-10-12-25-21(16-23)8-14-27(32)34-25/h2-17,30H,1H3/b28-18-,29-17?. The molecule has 6 heteroatoms. The molecule has 34 heavy (non-hydrogen) atoms. The molecule has 0 unspecified atom stereocenters. The second kappa shape index (κ2) is 9.03. The Hall–Kier alpha value is -4.71. The van der Waals surface area contributed by atoms with Crippen LogP contribution in [0.25, 0.3) is 27.6 Å². The fraction of sp³-hybridized carbons (Fsp3) is 0.0357. The van der Waals surface area contributed by atoms with Gasteiger partial charge in [0.1, 0.15) is 11.2 Å². The van der Waals surface area contributed by atoms with E-state index in [-0.39, 0.29) is 11.3 Å². The molecule has 2 heterocycles. The van der Waals surface area contributed by atoms with Crippen LogP contribution >= 0.6 is 0 Å². The number of anilines is 1. The monoisotopic (exact) mass is 448 g/mol. The van der Waals surface area contributed by atoms with E-state index >= 15 is 0 Å². The maximum Gasteiger partial charge on any atom is 0.336 e. The molecule has 6 nitrogen and oxygen atoms in total. The molecule has 0 radical (unpaired) electrons. The van der Waals surface area contributed by atoms with Gasteiger partial charge < -0.3 is 14.2 Å². The molecule has 2 aromatic heterocycles. The fourth-order valence-corrected chi connectivity index (χ4v) is 3.67. The maximum atomic E-state index is 11.5. The minimum absolute atomic E-state index is 0.374. The first-order valence-corrected chi connectivity index (χ1v) is 10.7. The Morgan fingerprint density at radius 1 is 0.765 bits per heavy atom. The van der Waals surface area contributed by atoms with Crippen molar-refractivity contribution in [3.63, 3.8) is 0 Å². The molecule has 0 spiro atoms. The molecule has 0 atom stereocenters. The van der Waals surface area contributed by atoms with Crippen molar-refractivity contribution >= 4 is 45.2 Å². The lowest BCUT2D eigenvalue weighted by Gasteiger charge is -2.14. The van der Waals surface area contributed by atoms with Crippen molar-refractivity contribution < 1.29 is 8.83 Å². The van der Waals surface area contributed by atoms with E-state index in [1.165, 1.54) is 12.1 Å². The van der Waals surface area contributed by atoms with Gasteiger partial charge in [-0.25, -0.2) is 9.59 Å². The Kier molecular flexibility index (Phi) is 5.62. The zero-order valence-electron chi connectivity index (χ0n) is 18.3. The topological polar surface area (TPSA) is 84.8 Å². The first-order valence-electron chi connectivity index (χ1n) is 10.7. The summed E-state index contributed by atoms with van der Waals surface area (Å²) in [5.74, 6) is 0. The Morgan fingerprint density at radius 3 is 2.12 bits per heavy atom. The summed E-state index contributed by atoms with van der Waals surface area (Å²) in [4.78, 5) is 27.5. The smallest absolute Gasteiger partial charge is 0.336 e. The van der Waals surface area contributed by atoms with Crippen LogP contribution in [0.15, 0.2) is 120 Å². The molecule has 5 aromatic rings. The summed E-state index contributed by atoms with van der Waals surface area (Å²) in [5, 5.41) is 5.12. The van der Waals surface area contributed by atoms with E-state index in [0.717, 1.165) is 39.0 Å². The van der Waals surface area contributed by atoms with Crippen molar-refractivity contribution in [1.29, 1.82) is 0 Å². The zero-order chi connectivity index (χ0) is 23.5. The van der Waals surface area contributed by atoms with Crippen LogP contribution in [0, 0.1) is 0 Å². The van der Waals surface area contributed by atoms with E-state index in [0.29, 0.717) is 11.2 Å². The summed E-state index contributed by atoms with van der Waals surface area (Å²) in [7, 11) is 0. The lowest BCUT2D eigenvalue weighted by atomic mass is 10.1. The first kappa shape index (κ1) is 21.2. The van der Waals surface area contributed by atoms with Gasteiger partial charge in [0.05, 0.1) is 11.4 Å². The van der Waals surface area contributed by atoms with E-state index in [2.05, 4.69) is 10.3 Å². The molecule has 0 bridgehead atoms. The lowest BCUT2D eigenvalue weighted by Crippen LogP contribution is -2.03. The van der Waals surface area contributed by atoms with Crippen LogP contribution in [0.2, 0.25) is 0 Å². The molecule has 0 fully saturated rings. The van der Waals surface area contributed by atoms with Crippen LogP contribution < -0.4 is 16.6 Å². The second-order valence-corrected chi connectivity index (χ2v) is 7.79. The zero-order valence-corrected chi connectivity index (χ0v) is 18.3. The highest BCUT2D eigenvalue weighted by molar-refractivity contribution is 5.96. The van der Waals surface area contributed by atoms with Crippen LogP contribution in [-0.2, 0) is 0 Å². The summed E-state index contributed by atoms with van der Waals surface area (Å²) in [6.45, 7) is 1.99. The van der Waals surface area contributed by atoms with Gasteiger partial charge in [0.25, 0.3) is 0 Å². The highest BCUT2D eigenvalue weighted by Gasteiger charge is 2.07. The number of benzene rings is 3. The van der Waals surface area contributed by atoms with E-state index < -0.39 is 0 Å². The maximum absolute atomic E-state index is 11.5. The van der Waals surface area contributed by atoms with E-state index in [1.54, 1.807) is 30.5 Å². The van der Waals surface area contributed by atoms with Gasteiger partial charge in [-0.1, -0.05) is 30.3 Å². The average molecular weight is 448 g/mol. The molecule has 1 N–H and O–H groups in total. The van der Waals surface area contributed by atoms with Crippen LogP contribution in [0.4, 0.5) is 11.4 Å². The SMILES string of the molecule is C/C(C=Nc1ccc2oc(=O)ccc2c1)=C(/Nc1ccc2oc(=O)ccc2c1)c1ccccc1. The van der Waals surface area contributed by atoms with Gasteiger partial charge in [0, 0.05) is 34.8 Å². The molecule has 0 saturated carbocycles. The van der Waals surface area contributed by atoms with E-state index in [1.807, 2.05) is 61.5 Å². The number of hydrogen-bond donors (Lipinski definition) is 1. The van der Waals surface area contributed by atoms with Gasteiger partial charge in [-0.15, -0.1) is 0 Å². The predicted octanol–water partition coefficient (Wildman–Crippen LogP) is 6.15.